The normalized spacial score (nSPS) is 26.8. The molecule has 5 rings (SSSR count). The molecular formula is C21H33N7O2. The smallest absolute Gasteiger partial charge is 0.242 e. The van der Waals surface area contributed by atoms with Gasteiger partial charge in [-0.15, -0.1) is 0 Å². The minimum Gasteiger partial charge on any atom is -0.379 e. The van der Waals surface area contributed by atoms with Crippen molar-refractivity contribution < 1.29 is 9.53 Å². The lowest BCUT2D eigenvalue weighted by atomic mass is 10.0. The highest BCUT2D eigenvalue weighted by Gasteiger charge is 2.34. The lowest BCUT2D eigenvalue weighted by Gasteiger charge is -2.41. The van der Waals surface area contributed by atoms with Crippen LogP contribution in [0, 0.1) is 0 Å². The van der Waals surface area contributed by atoms with Crippen molar-refractivity contribution in [3.8, 4) is 0 Å². The summed E-state index contributed by atoms with van der Waals surface area (Å²) >= 11 is 0. The van der Waals surface area contributed by atoms with E-state index in [1.165, 1.54) is 0 Å². The molecule has 9 nitrogen and oxygen atoms in total. The molecule has 0 aromatic carbocycles. The number of ether oxygens (including phenoxy) is 1. The predicted octanol–water partition coefficient (Wildman–Crippen LogP) is -0.0821. The molecule has 0 bridgehead atoms. The third-order valence-electron chi connectivity index (χ3n) is 7.08. The lowest BCUT2D eigenvalue weighted by molar-refractivity contribution is -0.132. The largest absolute Gasteiger partial charge is 0.379 e. The number of amides is 1. The predicted molar refractivity (Wildman–Crippen MR) is 115 cm³/mol. The van der Waals surface area contributed by atoms with Gasteiger partial charge in [-0.3, -0.25) is 9.69 Å². The quantitative estimate of drug-likeness (QED) is 0.735. The SMILES string of the molecule is CN1CC(=O)N(C2CCNC2)Cc2c1ncnc2N1CCC(N2CCOCC2)CC1. The maximum absolute atomic E-state index is 13.0. The fraction of sp³-hybridized carbons (Fsp3) is 0.762. The van der Waals surface area contributed by atoms with Gasteiger partial charge in [0.25, 0.3) is 0 Å². The van der Waals surface area contributed by atoms with Gasteiger partial charge in [-0.2, -0.15) is 0 Å². The second-order valence-electron chi connectivity index (χ2n) is 8.89. The monoisotopic (exact) mass is 415 g/mol. The van der Waals surface area contributed by atoms with Crippen LogP contribution in [-0.4, -0.2) is 104 Å². The van der Waals surface area contributed by atoms with Gasteiger partial charge >= 0.3 is 0 Å². The van der Waals surface area contributed by atoms with Crippen LogP contribution in [0.2, 0.25) is 0 Å². The van der Waals surface area contributed by atoms with Crippen LogP contribution in [0.15, 0.2) is 6.33 Å². The Labute approximate surface area is 178 Å². The lowest BCUT2D eigenvalue weighted by Crippen LogP contribution is -2.49. The van der Waals surface area contributed by atoms with Crippen molar-refractivity contribution in [3.63, 3.8) is 0 Å². The molecule has 0 saturated carbocycles. The molecule has 4 aliphatic heterocycles. The first-order chi connectivity index (χ1) is 14.7. The summed E-state index contributed by atoms with van der Waals surface area (Å²) in [5.74, 6) is 2.09. The van der Waals surface area contributed by atoms with E-state index < -0.39 is 0 Å². The molecule has 30 heavy (non-hydrogen) atoms. The van der Waals surface area contributed by atoms with E-state index in [1.54, 1.807) is 6.33 Å². The van der Waals surface area contributed by atoms with E-state index in [4.69, 9.17) is 9.72 Å². The van der Waals surface area contributed by atoms with Gasteiger partial charge in [0.1, 0.15) is 18.0 Å². The topological polar surface area (TPSA) is 77.1 Å². The second kappa shape index (κ2) is 8.64. The Balaban J connectivity index is 1.36. The summed E-state index contributed by atoms with van der Waals surface area (Å²) in [6.45, 7) is 8.61. The van der Waals surface area contributed by atoms with E-state index in [9.17, 15) is 4.79 Å². The number of carbonyl (C=O) groups is 1. The number of likely N-dealkylation sites (N-methyl/N-ethyl adjacent to an activating group) is 1. The van der Waals surface area contributed by atoms with Crippen LogP contribution in [0.25, 0.3) is 0 Å². The summed E-state index contributed by atoms with van der Waals surface area (Å²) in [5.41, 5.74) is 1.10. The molecule has 1 N–H and O–H groups in total. The fourth-order valence-electron chi connectivity index (χ4n) is 5.39. The molecule has 0 aliphatic carbocycles. The summed E-state index contributed by atoms with van der Waals surface area (Å²) < 4.78 is 5.52. The number of nitrogens with one attached hydrogen (secondary N) is 1. The number of hydrogen-bond donors (Lipinski definition) is 1. The van der Waals surface area contributed by atoms with E-state index in [-0.39, 0.29) is 11.9 Å². The molecule has 3 saturated heterocycles. The van der Waals surface area contributed by atoms with Gasteiger partial charge in [0.05, 0.1) is 31.9 Å². The highest BCUT2D eigenvalue weighted by Crippen LogP contribution is 2.32. The van der Waals surface area contributed by atoms with E-state index in [1.807, 2.05) is 11.9 Å². The van der Waals surface area contributed by atoms with Crippen molar-refractivity contribution in [2.45, 2.75) is 37.9 Å². The Morgan fingerprint density at radius 1 is 1.00 bits per heavy atom. The van der Waals surface area contributed by atoms with Crippen molar-refractivity contribution in [1.29, 1.82) is 0 Å². The molecule has 1 unspecified atom stereocenters. The van der Waals surface area contributed by atoms with Gasteiger partial charge in [0.15, 0.2) is 0 Å². The Bertz CT molecular complexity index is 756. The Kier molecular flexibility index (Phi) is 5.75. The van der Waals surface area contributed by atoms with Gasteiger partial charge < -0.3 is 24.8 Å². The van der Waals surface area contributed by atoms with Crippen molar-refractivity contribution >= 4 is 17.5 Å². The van der Waals surface area contributed by atoms with E-state index in [0.717, 1.165) is 88.9 Å². The number of fused-ring (bicyclic) bond motifs is 1. The molecule has 1 amide bonds. The molecule has 9 heteroatoms. The second-order valence-corrected chi connectivity index (χ2v) is 8.89. The van der Waals surface area contributed by atoms with Crippen LogP contribution < -0.4 is 15.1 Å². The minimum atomic E-state index is 0.182. The van der Waals surface area contributed by atoms with Crippen LogP contribution in [0.3, 0.4) is 0 Å². The van der Waals surface area contributed by atoms with Crippen molar-refractivity contribution in [2.75, 3.05) is 75.9 Å². The molecule has 5 heterocycles. The Hall–Kier alpha value is -1.97. The molecule has 0 spiro atoms. The first-order valence-corrected chi connectivity index (χ1v) is 11.3. The molecule has 1 aromatic heterocycles. The van der Waals surface area contributed by atoms with Crippen molar-refractivity contribution in [2.24, 2.45) is 0 Å². The zero-order valence-corrected chi connectivity index (χ0v) is 17.9. The van der Waals surface area contributed by atoms with Gasteiger partial charge in [0.2, 0.25) is 5.91 Å². The van der Waals surface area contributed by atoms with Crippen LogP contribution in [0.5, 0.6) is 0 Å². The molecule has 3 fully saturated rings. The Morgan fingerprint density at radius 2 is 1.77 bits per heavy atom. The van der Waals surface area contributed by atoms with E-state index in [2.05, 4.69) is 25.0 Å². The number of morpholine rings is 1. The molecule has 0 radical (unpaired) electrons. The average Bonchev–Trinajstić information content (AvgIpc) is 3.28. The van der Waals surface area contributed by atoms with Crippen LogP contribution in [-0.2, 0) is 16.1 Å². The number of piperidine rings is 1. The number of rotatable bonds is 3. The average molecular weight is 416 g/mol. The number of carbonyl (C=O) groups excluding carboxylic acids is 1. The third-order valence-corrected chi connectivity index (χ3v) is 7.08. The third kappa shape index (κ3) is 3.86. The van der Waals surface area contributed by atoms with Crippen LogP contribution in [0.1, 0.15) is 24.8 Å². The molecule has 4 aliphatic rings. The van der Waals surface area contributed by atoms with E-state index >= 15 is 0 Å². The first-order valence-electron chi connectivity index (χ1n) is 11.3. The summed E-state index contributed by atoms with van der Waals surface area (Å²) in [4.78, 5) is 31.3. The van der Waals surface area contributed by atoms with Gasteiger partial charge in [-0.25, -0.2) is 9.97 Å². The van der Waals surface area contributed by atoms with Crippen molar-refractivity contribution in [1.82, 2.24) is 25.1 Å². The minimum absolute atomic E-state index is 0.182. The highest BCUT2D eigenvalue weighted by atomic mass is 16.5. The van der Waals surface area contributed by atoms with Gasteiger partial charge in [0, 0.05) is 51.9 Å². The fourth-order valence-corrected chi connectivity index (χ4v) is 5.39. The molecule has 1 aromatic rings. The number of nitrogens with zero attached hydrogens (tertiary/aromatic N) is 6. The summed E-state index contributed by atoms with van der Waals surface area (Å²) in [5, 5.41) is 3.40. The molecule has 1 atom stereocenters. The summed E-state index contributed by atoms with van der Waals surface area (Å²) in [7, 11) is 1.97. The van der Waals surface area contributed by atoms with Crippen molar-refractivity contribution in [3.05, 3.63) is 11.9 Å². The Morgan fingerprint density at radius 3 is 2.50 bits per heavy atom. The van der Waals surface area contributed by atoms with Gasteiger partial charge in [-0.1, -0.05) is 0 Å². The standard InChI is InChI=1S/C21H33N7O2/c1-25-14-19(29)28(17-2-5-22-12-17)13-18-20(25)23-15-24-21(18)27-6-3-16(4-7-27)26-8-10-30-11-9-26/h15-17,22H,2-14H2,1H3. The van der Waals surface area contributed by atoms with E-state index in [0.29, 0.717) is 19.1 Å². The number of hydrogen-bond acceptors (Lipinski definition) is 8. The highest BCUT2D eigenvalue weighted by molar-refractivity contribution is 5.84. The summed E-state index contributed by atoms with van der Waals surface area (Å²) in [6.07, 6.45) is 4.96. The summed E-state index contributed by atoms with van der Waals surface area (Å²) in [6, 6.07) is 0.896. The maximum atomic E-state index is 13.0. The zero-order valence-electron chi connectivity index (χ0n) is 17.9. The molecule has 164 valence electrons. The van der Waals surface area contributed by atoms with Crippen LogP contribution in [0.4, 0.5) is 11.6 Å². The first kappa shape index (κ1) is 20.0. The van der Waals surface area contributed by atoms with Crippen LogP contribution >= 0.6 is 0 Å². The number of aromatic nitrogens is 2. The number of anilines is 2. The van der Waals surface area contributed by atoms with Gasteiger partial charge in [-0.05, 0) is 25.8 Å². The maximum Gasteiger partial charge on any atom is 0.242 e. The zero-order chi connectivity index (χ0) is 20.5. The molecular weight excluding hydrogens is 382 g/mol.